The number of carbonyl (C=O) groups excluding carboxylic acids is 1. The lowest BCUT2D eigenvalue weighted by atomic mass is 10.0. The van der Waals surface area contributed by atoms with Crippen LogP contribution in [0.4, 0.5) is 5.69 Å². The third-order valence-corrected chi connectivity index (χ3v) is 5.69. The molecule has 7 heteroatoms. The van der Waals surface area contributed by atoms with Gasteiger partial charge in [-0.3, -0.25) is 4.79 Å². The number of ether oxygens (including phenoxy) is 2. The summed E-state index contributed by atoms with van der Waals surface area (Å²) >= 11 is 9.62. The van der Waals surface area contributed by atoms with Crippen LogP contribution in [-0.4, -0.2) is 13.0 Å². The maximum Gasteiger partial charge on any atom is 0.266 e. The van der Waals surface area contributed by atoms with Gasteiger partial charge in [0.1, 0.15) is 18.2 Å². The zero-order chi connectivity index (χ0) is 24.5. The van der Waals surface area contributed by atoms with Gasteiger partial charge in [0, 0.05) is 26.3 Å². The van der Waals surface area contributed by atoms with Crippen LogP contribution in [0, 0.1) is 11.3 Å². The number of nitrogens with one attached hydrogen (secondary N) is 1. The second-order valence-electron chi connectivity index (χ2n) is 7.22. The number of halogens is 2. The average Bonchev–Trinajstić information content (AvgIpc) is 2.82. The minimum atomic E-state index is -0.510. The molecule has 0 aliphatic rings. The summed E-state index contributed by atoms with van der Waals surface area (Å²) in [6, 6.07) is 20.1. The maximum absolute atomic E-state index is 12.7. The van der Waals surface area contributed by atoms with Gasteiger partial charge in [0.05, 0.1) is 7.11 Å². The second-order valence-corrected chi connectivity index (χ2v) is 8.54. The fourth-order valence-electron chi connectivity index (χ4n) is 3.23. The fraction of sp³-hybridized carbons (Fsp3) is 0.111. The van der Waals surface area contributed by atoms with Gasteiger partial charge in [-0.15, -0.1) is 6.58 Å². The smallest absolute Gasteiger partial charge is 0.266 e. The van der Waals surface area contributed by atoms with E-state index in [2.05, 4.69) is 27.8 Å². The number of amides is 1. The van der Waals surface area contributed by atoms with E-state index in [-0.39, 0.29) is 12.2 Å². The Balaban J connectivity index is 1.91. The Kier molecular flexibility index (Phi) is 8.92. The topological polar surface area (TPSA) is 71.4 Å². The van der Waals surface area contributed by atoms with E-state index < -0.39 is 5.91 Å². The molecule has 0 aliphatic carbocycles. The zero-order valence-electron chi connectivity index (χ0n) is 18.5. The number of carbonyl (C=O) groups is 1. The van der Waals surface area contributed by atoms with Gasteiger partial charge >= 0.3 is 0 Å². The monoisotopic (exact) mass is 536 g/mol. The van der Waals surface area contributed by atoms with Crippen LogP contribution in [-0.2, 0) is 17.8 Å². The van der Waals surface area contributed by atoms with Crippen molar-refractivity contribution in [2.45, 2.75) is 13.0 Å². The highest BCUT2D eigenvalue weighted by Gasteiger charge is 2.15. The van der Waals surface area contributed by atoms with E-state index in [4.69, 9.17) is 21.1 Å². The van der Waals surface area contributed by atoms with Crippen molar-refractivity contribution >= 4 is 45.2 Å². The molecular formula is C27H22BrClN2O3. The Labute approximate surface area is 212 Å². The zero-order valence-corrected chi connectivity index (χ0v) is 20.8. The van der Waals surface area contributed by atoms with E-state index in [9.17, 15) is 10.1 Å². The Morgan fingerprint density at radius 3 is 2.65 bits per heavy atom. The summed E-state index contributed by atoms with van der Waals surface area (Å²) in [4.78, 5) is 12.7. The quantitative estimate of drug-likeness (QED) is 0.182. The summed E-state index contributed by atoms with van der Waals surface area (Å²) in [6.07, 6.45) is 3.76. The Morgan fingerprint density at radius 2 is 1.97 bits per heavy atom. The van der Waals surface area contributed by atoms with E-state index in [0.29, 0.717) is 34.2 Å². The van der Waals surface area contributed by atoms with Crippen molar-refractivity contribution in [3.05, 3.63) is 105 Å². The van der Waals surface area contributed by atoms with Crippen LogP contribution in [0.5, 0.6) is 11.5 Å². The highest BCUT2D eigenvalue weighted by molar-refractivity contribution is 9.10. The number of rotatable bonds is 9. The van der Waals surface area contributed by atoms with E-state index in [1.54, 1.807) is 36.4 Å². The molecule has 0 radical (unpaired) electrons. The van der Waals surface area contributed by atoms with Gasteiger partial charge in [0.25, 0.3) is 5.91 Å². The summed E-state index contributed by atoms with van der Waals surface area (Å²) in [7, 11) is 1.54. The molecule has 0 fully saturated rings. The molecule has 0 heterocycles. The first-order valence-corrected chi connectivity index (χ1v) is 11.5. The van der Waals surface area contributed by atoms with Gasteiger partial charge in [0.15, 0.2) is 11.5 Å². The van der Waals surface area contributed by atoms with Gasteiger partial charge in [-0.05, 0) is 54.5 Å². The first-order valence-electron chi connectivity index (χ1n) is 10.3. The number of nitrogens with zero attached hydrogens (tertiary/aromatic N) is 1. The highest BCUT2D eigenvalue weighted by Crippen LogP contribution is 2.35. The Bertz CT molecular complexity index is 1280. The Hall–Kier alpha value is -3.53. The molecule has 3 rings (SSSR count). The molecule has 3 aromatic rings. The molecule has 5 nitrogen and oxygen atoms in total. The van der Waals surface area contributed by atoms with Crippen molar-refractivity contribution in [2.75, 3.05) is 12.4 Å². The summed E-state index contributed by atoms with van der Waals surface area (Å²) in [5.41, 5.74) is 2.80. The number of hydrogen-bond acceptors (Lipinski definition) is 4. The molecule has 34 heavy (non-hydrogen) atoms. The standard InChI is InChI=1S/C27H22BrClN2O3/c1-3-7-19-12-18(13-21(16-30)27(32)31-23-10-6-9-22(28)15-23)14-25(33-2)26(19)34-17-20-8-4-5-11-24(20)29/h3-6,8-15H,1,7,17H2,2H3,(H,31,32)/b21-13-. The first-order chi connectivity index (χ1) is 16.4. The van der Waals surface area contributed by atoms with Crippen LogP contribution in [0.3, 0.4) is 0 Å². The molecule has 1 N–H and O–H groups in total. The molecule has 0 atom stereocenters. The molecule has 0 aromatic heterocycles. The molecular weight excluding hydrogens is 516 g/mol. The van der Waals surface area contributed by atoms with Crippen molar-refractivity contribution in [3.63, 3.8) is 0 Å². The minimum absolute atomic E-state index is 0.0451. The number of nitriles is 1. The van der Waals surface area contributed by atoms with Crippen LogP contribution in [0.15, 0.2) is 83.4 Å². The van der Waals surface area contributed by atoms with Crippen LogP contribution in [0.25, 0.3) is 6.08 Å². The van der Waals surface area contributed by atoms with Crippen LogP contribution < -0.4 is 14.8 Å². The van der Waals surface area contributed by atoms with Crippen molar-refractivity contribution in [3.8, 4) is 17.6 Å². The van der Waals surface area contributed by atoms with Gasteiger partial charge in [-0.25, -0.2) is 0 Å². The van der Waals surface area contributed by atoms with Crippen molar-refractivity contribution in [1.29, 1.82) is 5.26 Å². The highest BCUT2D eigenvalue weighted by atomic mass is 79.9. The predicted molar refractivity (Wildman–Crippen MR) is 139 cm³/mol. The van der Waals surface area contributed by atoms with Gasteiger partial charge < -0.3 is 14.8 Å². The van der Waals surface area contributed by atoms with E-state index in [1.807, 2.05) is 36.4 Å². The second kappa shape index (κ2) is 12.1. The minimum Gasteiger partial charge on any atom is -0.493 e. The van der Waals surface area contributed by atoms with Crippen molar-refractivity contribution < 1.29 is 14.3 Å². The van der Waals surface area contributed by atoms with Crippen molar-refractivity contribution in [1.82, 2.24) is 0 Å². The summed E-state index contributed by atoms with van der Waals surface area (Å²) in [6.45, 7) is 4.08. The number of methoxy groups -OCH3 is 1. The number of allylic oxidation sites excluding steroid dienone is 1. The van der Waals surface area contributed by atoms with Crippen LogP contribution in [0.2, 0.25) is 5.02 Å². The Morgan fingerprint density at radius 1 is 1.18 bits per heavy atom. The summed E-state index contributed by atoms with van der Waals surface area (Å²) in [5.74, 6) is 0.516. The molecule has 0 bridgehead atoms. The van der Waals surface area contributed by atoms with E-state index in [0.717, 1.165) is 15.6 Å². The van der Waals surface area contributed by atoms with E-state index >= 15 is 0 Å². The molecule has 1 amide bonds. The normalized spacial score (nSPS) is 10.8. The molecule has 0 spiro atoms. The van der Waals surface area contributed by atoms with Crippen LogP contribution >= 0.6 is 27.5 Å². The lowest BCUT2D eigenvalue weighted by molar-refractivity contribution is -0.112. The summed E-state index contributed by atoms with van der Waals surface area (Å²) < 4.78 is 12.5. The SMILES string of the molecule is C=CCc1cc(/C=C(/C#N)C(=O)Nc2cccc(Br)c2)cc(OC)c1OCc1ccccc1Cl. The van der Waals surface area contributed by atoms with Gasteiger partial charge in [-0.1, -0.05) is 57.9 Å². The molecule has 0 saturated heterocycles. The maximum atomic E-state index is 12.7. The lowest BCUT2D eigenvalue weighted by Crippen LogP contribution is -2.13. The third-order valence-electron chi connectivity index (χ3n) is 4.83. The van der Waals surface area contributed by atoms with E-state index in [1.165, 1.54) is 13.2 Å². The molecule has 0 unspecified atom stereocenters. The molecule has 3 aromatic carbocycles. The largest absolute Gasteiger partial charge is 0.493 e. The number of benzene rings is 3. The predicted octanol–water partition coefficient (Wildman–Crippen LogP) is 6.96. The molecule has 0 saturated carbocycles. The van der Waals surface area contributed by atoms with Crippen LogP contribution in [0.1, 0.15) is 16.7 Å². The number of anilines is 1. The first kappa shape index (κ1) is 25.1. The number of hydrogen-bond donors (Lipinski definition) is 1. The van der Waals surface area contributed by atoms with Gasteiger partial charge in [0.2, 0.25) is 0 Å². The average molecular weight is 538 g/mol. The van der Waals surface area contributed by atoms with Gasteiger partial charge in [-0.2, -0.15) is 5.26 Å². The molecule has 0 aliphatic heterocycles. The molecule has 172 valence electrons. The summed E-state index contributed by atoms with van der Waals surface area (Å²) in [5, 5.41) is 13.0. The van der Waals surface area contributed by atoms with Crippen molar-refractivity contribution in [2.24, 2.45) is 0 Å². The fourth-order valence-corrected chi connectivity index (χ4v) is 3.82. The third kappa shape index (κ3) is 6.50. The lowest BCUT2D eigenvalue weighted by Gasteiger charge is -2.16.